The number of hydrogen-bond acceptors (Lipinski definition) is 3. The molecule has 3 rings (SSSR count). The van der Waals surface area contributed by atoms with Crippen LogP contribution in [0, 0.1) is 0 Å². The number of rotatable bonds is 1. The highest BCUT2D eigenvalue weighted by Gasteiger charge is 2.39. The number of nitrogens with two attached hydrogens (primary N) is 1. The fraction of sp³-hybridized carbons (Fsp3) is 0.214. The number of fused-ring (bicyclic) bond motifs is 1. The largest absolute Gasteiger partial charge is 0.383 e. The molecule has 0 fully saturated rings. The molecule has 1 aliphatic rings. The summed E-state index contributed by atoms with van der Waals surface area (Å²) in [6.45, 7) is 0. The van der Waals surface area contributed by atoms with Gasteiger partial charge >= 0.3 is 0 Å². The van der Waals surface area contributed by atoms with Crippen LogP contribution in [0.4, 0.5) is 5.82 Å². The van der Waals surface area contributed by atoms with Crippen LogP contribution in [0.5, 0.6) is 0 Å². The SMILES string of the molecule is Nc1ncccc1C1(O)CCc2ccccc21. The van der Waals surface area contributed by atoms with Crippen LogP contribution in [-0.2, 0) is 12.0 Å². The lowest BCUT2D eigenvalue weighted by molar-refractivity contribution is 0.0834. The third kappa shape index (κ3) is 1.43. The Balaban J connectivity index is 2.19. The summed E-state index contributed by atoms with van der Waals surface area (Å²) in [6.07, 6.45) is 3.19. The highest BCUT2D eigenvalue weighted by molar-refractivity contribution is 5.52. The molecule has 1 unspecified atom stereocenters. The fourth-order valence-electron chi connectivity index (χ4n) is 2.64. The molecule has 0 saturated heterocycles. The van der Waals surface area contributed by atoms with Gasteiger partial charge < -0.3 is 10.8 Å². The zero-order valence-corrected chi connectivity index (χ0v) is 9.43. The molecule has 2 aromatic rings. The number of aryl methyl sites for hydroxylation is 1. The average Bonchev–Trinajstić information content (AvgIpc) is 2.70. The number of nitrogens with zero attached hydrogens (tertiary/aromatic N) is 1. The summed E-state index contributed by atoms with van der Waals surface area (Å²) in [5.41, 5.74) is 7.76. The van der Waals surface area contributed by atoms with E-state index in [-0.39, 0.29) is 0 Å². The first-order valence-corrected chi connectivity index (χ1v) is 5.73. The summed E-state index contributed by atoms with van der Waals surface area (Å²) in [6, 6.07) is 11.6. The minimum absolute atomic E-state index is 0.409. The molecule has 3 heteroatoms. The average molecular weight is 226 g/mol. The molecule has 0 saturated carbocycles. The van der Waals surface area contributed by atoms with Crippen molar-refractivity contribution in [3.05, 3.63) is 59.3 Å². The predicted molar refractivity (Wildman–Crippen MR) is 66.4 cm³/mol. The fourth-order valence-corrected chi connectivity index (χ4v) is 2.64. The number of pyridine rings is 1. The first kappa shape index (κ1) is 10.3. The molecule has 0 spiro atoms. The van der Waals surface area contributed by atoms with Gasteiger partial charge in [0, 0.05) is 11.8 Å². The molecule has 3 nitrogen and oxygen atoms in total. The van der Waals surface area contributed by atoms with Crippen molar-refractivity contribution in [3.8, 4) is 0 Å². The van der Waals surface area contributed by atoms with E-state index in [2.05, 4.69) is 11.1 Å². The van der Waals surface area contributed by atoms with E-state index in [1.54, 1.807) is 6.20 Å². The van der Waals surface area contributed by atoms with Gasteiger partial charge in [-0.3, -0.25) is 0 Å². The third-order valence-corrected chi connectivity index (χ3v) is 3.50. The first-order valence-electron chi connectivity index (χ1n) is 5.73. The monoisotopic (exact) mass is 226 g/mol. The number of anilines is 1. The van der Waals surface area contributed by atoms with Gasteiger partial charge in [0.2, 0.25) is 0 Å². The van der Waals surface area contributed by atoms with Gasteiger partial charge in [0.15, 0.2) is 0 Å². The van der Waals surface area contributed by atoms with Crippen molar-refractivity contribution in [1.82, 2.24) is 4.98 Å². The number of aromatic nitrogens is 1. The Morgan fingerprint density at radius 1 is 1.12 bits per heavy atom. The molecule has 0 radical (unpaired) electrons. The van der Waals surface area contributed by atoms with E-state index in [4.69, 9.17) is 5.73 Å². The van der Waals surface area contributed by atoms with Gasteiger partial charge in [-0.2, -0.15) is 0 Å². The van der Waals surface area contributed by atoms with Gasteiger partial charge in [-0.1, -0.05) is 30.3 Å². The van der Waals surface area contributed by atoms with Crippen LogP contribution in [0.15, 0.2) is 42.6 Å². The Bertz CT molecular complexity index is 568. The Hall–Kier alpha value is -1.87. The number of aliphatic hydroxyl groups is 1. The van der Waals surface area contributed by atoms with E-state index in [1.807, 2.05) is 30.3 Å². The zero-order chi connectivity index (χ0) is 11.9. The van der Waals surface area contributed by atoms with Crippen molar-refractivity contribution >= 4 is 5.82 Å². The molecule has 17 heavy (non-hydrogen) atoms. The minimum Gasteiger partial charge on any atom is -0.383 e. The number of nitrogen functional groups attached to an aromatic ring is 1. The lowest BCUT2D eigenvalue weighted by Crippen LogP contribution is -2.25. The molecule has 1 aliphatic carbocycles. The molecule has 1 aromatic heterocycles. The normalized spacial score (nSPS) is 22.4. The second-order valence-corrected chi connectivity index (χ2v) is 4.45. The van der Waals surface area contributed by atoms with E-state index in [0.29, 0.717) is 17.8 Å². The highest BCUT2D eigenvalue weighted by atomic mass is 16.3. The van der Waals surface area contributed by atoms with E-state index >= 15 is 0 Å². The van der Waals surface area contributed by atoms with Gasteiger partial charge in [-0.05, 0) is 30.0 Å². The molecule has 1 atom stereocenters. The van der Waals surface area contributed by atoms with E-state index < -0.39 is 5.60 Å². The molecular weight excluding hydrogens is 212 g/mol. The second kappa shape index (κ2) is 3.57. The Labute approximate surface area is 99.9 Å². The number of benzene rings is 1. The smallest absolute Gasteiger partial charge is 0.129 e. The van der Waals surface area contributed by atoms with Crippen molar-refractivity contribution in [3.63, 3.8) is 0 Å². The van der Waals surface area contributed by atoms with E-state index in [1.165, 1.54) is 5.56 Å². The molecule has 1 aromatic carbocycles. The molecule has 0 aliphatic heterocycles. The third-order valence-electron chi connectivity index (χ3n) is 3.50. The van der Waals surface area contributed by atoms with Gasteiger partial charge in [-0.15, -0.1) is 0 Å². The maximum Gasteiger partial charge on any atom is 0.129 e. The van der Waals surface area contributed by atoms with Crippen LogP contribution in [-0.4, -0.2) is 10.1 Å². The molecule has 86 valence electrons. The van der Waals surface area contributed by atoms with Crippen molar-refractivity contribution in [2.24, 2.45) is 0 Å². The maximum absolute atomic E-state index is 10.9. The summed E-state index contributed by atoms with van der Waals surface area (Å²) < 4.78 is 0. The van der Waals surface area contributed by atoms with E-state index in [0.717, 1.165) is 12.0 Å². The molecule has 0 amide bonds. The zero-order valence-electron chi connectivity index (χ0n) is 9.43. The lowest BCUT2D eigenvalue weighted by atomic mass is 9.88. The summed E-state index contributed by atoms with van der Waals surface area (Å²) in [7, 11) is 0. The van der Waals surface area contributed by atoms with Gasteiger partial charge in [-0.25, -0.2) is 4.98 Å². The first-order chi connectivity index (χ1) is 8.22. The maximum atomic E-state index is 10.9. The number of hydrogen-bond donors (Lipinski definition) is 2. The molecular formula is C14H14N2O. The van der Waals surface area contributed by atoms with Crippen molar-refractivity contribution in [2.45, 2.75) is 18.4 Å². The summed E-state index contributed by atoms with van der Waals surface area (Å²) in [5.74, 6) is 0.409. The van der Waals surface area contributed by atoms with E-state index in [9.17, 15) is 5.11 Å². The van der Waals surface area contributed by atoms with Crippen LogP contribution in [0.3, 0.4) is 0 Å². The van der Waals surface area contributed by atoms with Gasteiger partial charge in [0.1, 0.15) is 11.4 Å². The predicted octanol–water partition coefficient (Wildman–Crippen LogP) is 1.85. The molecule has 1 heterocycles. The Morgan fingerprint density at radius 2 is 1.88 bits per heavy atom. The molecule has 3 N–H and O–H groups in total. The summed E-state index contributed by atoms with van der Waals surface area (Å²) in [4.78, 5) is 4.06. The summed E-state index contributed by atoms with van der Waals surface area (Å²) in [5, 5.41) is 10.9. The standard InChI is InChI=1S/C14H14N2O/c15-13-12(6-3-9-16-13)14(17)8-7-10-4-1-2-5-11(10)14/h1-6,9,17H,7-8H2,(H2,15,16). The van der Waals surface area contributed by atoms with Crippen molar-refractivity contribution in [2.75, 3.05) is 5.73 Å². The van der Waals surface area contributed by atoms with Gasteiger partial charge in [0.05, 0.1) is 0 Å². The van der Waals surface area contributed by atoms with Crippen LogP contribution in [0.1, 0.15) is 23.1 Å². The van der Waals surface area contributed by atoms with Crippen LogP contribution < -0.4 is 5.73 Å². The lowest BCUT2D eigenvalue weighted by Gasteiger charge is -2.25. The Kier molecular flexibility index (Phi) is 2.16. The summed E-state index contributed by atoms with van der Waals surface area (Å²) >= 11 is 0. The van der Waals surface area contributed by atoms with Crippen LogP contribution in [0.25, 0.3) is 0 Å². The Morgan fingerprint density at radius 3 is 2.71 bits per heavy atom. The van der Waals surface area contributed by atoms with Crippen molar-refractivity contribution in [1.29, 1.82) is 0 Å². The van der Waals surface area contributed by atoms with Crippen LogP contribution in [0.2, 0.25) is 0 Å². The molecule has 0 bridgehead atoms. The quantitative estimate of drug-likeness (QED) is 0.780. The second-order valence-electron chi connectivity index (χ2n) is 4.45. The minimum atomic E-state index is -0.977. The van der Waals surface area contributed by atoms with Gasteiger partial charge in [0.25, 0.3) is 0 Å². The topological polar surface area (TPSA) is 59.1 Å². The highest BCUT2D eigenvalue weighted by Crippen LogP contribution is 2.43. The van der Waals surface area contributed by atoms with Crippen LogP contribution >= 0.6 is 0 Å². The van der Waals surface area contributed by atoms with Crippen molar-refractivity contribution < 1.29 is 5.11 Å².